The minimum absolute atomic E-state index is 0.0213. The summed E-state index contributed by atoms with van der Waals surface area (Å²) in [5.41, 5.74) is 1.01. The summed E-state index contributed by atoms with van der Waals surface area (Å²) >= 11 is 5.92. The number of halogens is 1. The summed E-state index contributed by atoms with van der Waals surface area (Å²) in [4.78, 5) is 41.7. The van der Waals surface area contributed by atoms with E-state index in [0.717, 1.165) is 9.80 Å². The first-order chi connectivity index (χ1) is 11.5. The van der Waals surface area contributed by atoms with Crippen molar-refractivity contribution in [3.05, 3.63) is 53.9 Å². The van der Waals surface area contributed by atoms with E-state index in [1.807, 2.05) is 0 Å². The Morgan fingerprint density at radius 1 is 1.21 bits per heavy atom. The summed E-state index contributed by atoms with van der Waals surface area (Å²) in [6, 6.07) is 6.22. The maximum Gasteiger partial charge on any atom is 0.334 e. The van der Waals surface area contributed by atoms with E-state index < -0.39 is 17.8 Å². The van der Waals surface area contributed by atoms with E-state index in [1.54, 1.807) is 24.3 Å². The fourth-order valence-corrected chi connectivity index (χ4v) is 2.47. The van der Waals surface area contributed by atoms with Crippen LogP contribution in [-0.4, -0.2) is 39.2 Å². The summed E-state index contributed by atoms with van der Waals surface area (Å²) in [7, 11) is 0. The molecule has 8 heteroatoms. The number of nitrogens with zero attached hydrogens (tertiary/aromatic N) is 3. The first kappa shape index (κ1) is 15.9. The molecule has 2 heterocycles. The van der Waals surface area contributed by atoms with E-state index in [2.05, 4.69) is 11.6 Å². The molecule has 0 unspecified atom stereocenters. The molecule has 0 radical (unpaired) electrons. The van der Waals surface area contributed by atoms with Crippen LogP contribution in [0.1, 0.15) is 5.69 Å². The van der Waals surface area contributed by atoms with Gasteiger partial charge in [0.1, 0.15) is 6.26 Å². The van der Waals surface area contributed by atoms with Gasteiger partial charge in [-0.2, -0.15) is 0 Å². The molecule has 1 aromatic heterocycles. The number of rotatable bonds is 5. The zero-order valence-electron chi connectivity index (χ0n) is 12.4. The van der Waals surface area contributed by atoms with Crippen LogP contribution in [-0.2, 0) is 16.1 Å². The average Bonchev–Trinajstić information content (AvgIpc) is 3.11. The number of urea groups is 1. The lowest BCUT2D eigenvalue weighted by molar-refractivity contribution is -0.143. The van der Waals surface area contributed by atoms with Gasteiger partial charge < -0.3 is 4.42 Å². The number of oxazole rings is 1. The first-order valence-electron chi connectivity index (χ1n) is 7.00. The smallest absolute Gasteiger partial charge is 0.334 e. The van der Waals surface area contributed by atoms with Crippen molar-refractivity contribution in [3.63, 3.8) is 0 Å². The van der Waals surface area contributed by atoms with Crippen molar-refractivity contribution in [2.75, 3.05) is 6.54 Å². The van der Waals surface area contributed by atoms with Crippen molar-refractivity contribution in [2.24, 2.45) is 0 Å². The van der Waals surface area contributed by atoms with Crippen molar-refractivity contribution >= 4 is 29.4 Å². The maximum atomic E-state index is 12.1. The fraction of sp³-hybridized carbons (Fsp3) is 0.125. The quantitative estimate of drug-likeness (QED) is 0.472. The van der Waals surface area contributed by atoms with Crippen molar-refractivity contribution < 1.29 is 18.8 Å². The van der Waals surface area contributed by atoms with Crippen LogP contribution in [0.25, 0.3) is 11.5 Å². The Labute approximate surface area is 142 Å². The molecule has 1 aromatic carbocycles. The van der Waals surface area contributed by atoms with Gasteiger partial charge in [-0.05, 0) is 18.2 Å². The van der Waals surface area contributed by atoms with E-state index in [0.29, 0.717) is 22.2 Å². The molecule has 1 fully saturated rings. The van der Waals surface area contributed by atoms with Crippen molar-refractivity contribution in [1.29, 1.82) is 0 Å². The average molecular weight is 346 g/mol. The molecule has 0 N–H and O–H groups in total. The van der Waals surface area contributed by atoms with E-state index in [1.165, 1.54) is 12.3 Å². The Bertz CT molecular complexity index is 845. The van der Waals surface area contributed by atoms with Crippen LogP contribution in [0.2, 0.25) is 5.02 Å². The highest BCUT2D eigenvalue weighted by atomic mass is 35.5. The maximum absolute atomic E-state index is 12.1. The second-order valence-electron chi connectivity index (χ2n) is 5.03. The largest absolute Gasteiger partial charge is 0.444 e. The van der Waals surface area contributed by atoms with Crippen LogP contribution in [0.5, 0.6) is 0 Å². The van der Waals surface area contributed by atoms with Crippen molar-refractivity contribution in [3.8, 4) is 11.5 Å². The molecule has 3 rings (SSSR count). The normalized spacial score (nSPS) is 14.6. The van der Waals surface area contributed by atoms with Gasteiger partial charge in [-0.25, -0.2) is 14.7 Å². The number of hydrogen-bond donors (Lipinski definition) is 0. The molecule has 0 saturated carbocycles. The first-order valence-corrected chi connectivity index (χ1v) is 7.37. The summed E-state index contributed by atoms with van der Waals surface area (Å²) in [6.45, 7) is 3.28. The number of hydrogen-bond acceptors (Lipinski definition) is 5. The highest BCUT2D eigenvalue weighted by Crippen LogP contribution is 2.23. The molecule has 0 bridgehead atoms. The van der Waals surface area contributed by atoms with Crippen LogP contribution in [0.15, 0.2) is 47.6 Å². The van der Waals surface area contributed by atoms with Gasteiger partial charge in [0.2, 0.25) is 5.89 Å². The molecule has 0 atom stereocenters. The molecule has 24 heavy (non-hydrogen) atoms. The minimum atomic E-state index is -0.894. The van der Waals surface area contributed by atoms with Crippen LogP contribution in [0.4, 0.5) is 4.79 Å². The summed E-state index contributed by atoms with van der Waals surface area (Å²) < 4.78 is 5.35. The summed E-state index contributed by atoms with van der Waals surface area (Å²) in [6.07, 6.45) is 2.71. The Morgan fingerprint density at radius 2 is 1.96 bits per heavy atom. The van der Waals surface area contributed by atoms with Gasteiger partial charge >= 0.3 is 17.8 Å². The number of benzene rings is 1. The van der Waals surface area contributed by atoms with E-state index in [9.17, 15) is 14.4 Å². The molecular weight excluding hydrogens is 334 g/mol. The number of carbonyl (C=O) groups excluding carboxylic acids is 3. The highest BCUT2D eigenvalue weighted by Gasteiger charge is 2.44. The van der Waals surface area contributed by atoms with Crippen molar-refractivity contribution in [2.45, 2.75) is 6.54 Å². The SMILES string of the molecule is C=CCN1C(=O)C(=O)N(Cc2coc(-c3cccc(Cl)c3)n2)C1=O. The standard InChI is InChI=1S/C16H12ClN3O4/c1-2-6-19-14(21)15(22)20(16(19)23)8-12-9-24-13(18-12)10-4-3-5-11(17)7-10/h2-5,7,9H,1,6,8H2. The number of carbonyl (C=O) groups is 3. The number of amides is 4. The zero-order chi connectivity index (χ0) is 17.3. The van der Waals surface area contributed by atoms with Gasteiger partial charge in [-0.1, -0.05) is 23.7 Å². The van der Waals surface area contributed by atoms with E-state index >= 15 is 0 Å². The second-order valence-corrected chi connectivity index (χ2v) is 5.47. The van der Waals surface area contributed by atoms with Gasteiger partial charge in [0.05, 0.1) is 12.2 Å². The van der Waals surface area contributed by atoms with Crippen LogP contribution in [0, 0.1) is 0 Å². The van der Waals surface area contributed by atoms with Gasteiger partial charge in [-0.15, -0.1) is 6.58 Å². The summed E-state index contributed by atoms with van der Waals surface area (Å²) in [5.74, 6) is -1.46. The monoisotopic (exact) mass is 345 g/mol. The van der Waals surface area contributed by atoms with Gasteiger partial charge in [0.15, 0.2) is 0 Å². The zero-order valence-corrected chi connectivity index (χ0v) is 13.2. The Hall–Kier alpha value is -2.93. The molecule has 2 aromatic rings. The van der Waals surface area contributed by atoms with Crippen LogP contribution < -0.4 is 0 Å². The molecule has 1 aliphatic heterocycles. The minimum Gasteiger partial charge on any atom is -0.444 e. The molecule has 1 saturated heterocycles. The summed E-state index contributed by atoms with van der Waals surface area (Å²) in [5, 5.41) is 0.530. The molecule has 4 amide bonds. The number of imide groups is 2. The second kappa shape index (κ2) is 6.29. The molecule has 0 spiro atoms. The lowest BCUT2D eigenvalue weighted by Gasteiger charge is -2.12. The molecule has 1 aliphatic rings. The van der Waals surface area contributed by atoms with Crippen LogP contribution >= 0.6 is 11.6 Å². The highest BCUT2D eigenvalue weighted by molar-refractivity contribution is 6.44. The number of aromatic nitrogens is 1. The fourth-order valence-electron chi connectivity index (χ4n) is 2.28. The third-order valence-corrected chi connectivity index (χ3v) is 3.63. The Balaban J connectivity index is 1.80. The van der Waals surface area contributed by atoms with E-state index in [-0.39, 0.29) is 13.1 Å². The van der Waals surface area contributed by atoms with E-state index in [4.69, 9.17) is 16.0 Å². The molecule has 122 valence electrons. The lowest BCUT2D eigenvalue weighted by Crippen LogP contribution is -2.33. The molecular formula is C16H12ClN3O4. The Morgan fingerprint density at radius 3 is 2.67 bits per heavy atom. The predicted molar refractivity (Wildman–Crippen MR) is 84.8 cm³/mol. The third kappa shape index (κ3) is 2.81. The van der Waals surface area contributed by atoms with Gasteiger partial charge in [0, 0.05) is 17.1 Å². The topological polar surface area (TPSA) is 83.7 Å². The van der Waals surface area contributed by atoms with Gasteiger partial charge in [0.25, 0.3) is 0 Å². The van der Waals surface area contributed by atoms with Crippen molar-refractivity contribution in [1.82, 2.24) is 14.8 Å². The predicted octanol–water partition coefficient (Wildman–Crippen LogP) is 2.47. The molecule has 0 aliphatic carbocycles. The Kier molecular flexibility index (Phi) is 4.18. The van der Waals surface area contributed by atoms with Gasteiger partial charge in [-0.3, -0.25) is 14.5 Å². The molecule has 7 nitrogen and oxygen atoms in total. The lowest BCUT2D eigenvalue weighted by atomic mass is 10.2. The third-order valence-electron chi connectivity index (χ3n) is 3.39. The van der Waals surface area contributed by atoms with Crippen LogP contribution in [0.3, 0.4) is 0 Å².